The first kappa shape index (κ1) is 37.2. The molecule has 2 amide bonds. The minimum absolute atomic E-state index is 0.0180. The van der Waals surface area contributed by atoms with E-state index in [-0.39, 0.29) is 30.6 Å². The number of aromatic nitrogens is 3. The van der Waals surface area contributed by atoms with Gasteiger partial charge >= 0.3 is 0 Å². The molecular formula is C44H53N5O6S. The SMILES string of the molecule is COc1ccc2c(c1)C=C(c1c(C(=O)N3CC4CCC(C3)O4)c(C)nn1C1CCC1)Cn1c-2c(C2CCCCC2)c2ccc(CC(=O)NS(=O)(=O)C(C)C)cc21. The number of carbonyl (C=O) groups is 2. The van der Waals surface area contributed by atoms with Gasteiger partial charge in [0, 0.05) is 29.6 Å². The van der Waals surface area contributed by atoms with Gasteiger partial charge in [0.2, 0.25) is 15.9 Å². The molecule has 4 fully saturated rings. The lowest BCUT2D eigenvalue weighted by molar-refractivity contribution is -0.118. The highest BCUT2D eigenvalue weighted by Gasteiger charge is 2.40. The molecule has 2 atom stereocenters. The van der Waals surface area contributed by atoms with Crippen molar-refractivity contribution in [1.29, 1.82) is 0 Å². The molecule has 296 valence electrons. The van der Waals surface area contributed by atoms with Crippen molar-refractivity contribution in [3.63, 3.8) is 0 Å². The highest BCUT2D eigenvalue weighted by molar-refractivity contribution is 7.90. The van der Waals surface area contributed by atoms with Crippen molar-refractivity contribution in [1.82, 2.24) is 24.0 Å². The van der Waals surface area contributed by atoms with E-state index >= 15 is 0 Å². The van der Waals surface area contributed by atoms with Crippen molar-refractivity contribution in [3.8, 4) is 17.0 Å². The lowest BCUT2D eigenvalue weighted by Crippen LogP contribution is -2.46. The van der Waals surface area contributed by atoms with Crippen LogP contribution in [0.15, 0.2) is 36.4 Å². The van der Waals surface area contributed by atoms with Crippen LogP contribution in [0.25, 0.3) is 33.8 Å². The predicted octanol–water partition coefficient (Wildman–Crippen LogP) is 7.55. The van der Waals surface area contributed by atoms with Crippen molar-refractivity contribution >= 4 is 44.4 Å². The number of benzene rings is 2. The Bertz CT molecular complexity index is 2350. The minimum Gasteiger partial charge on any atom is -0.497 e. The van der Waals surface area contributed by atoms with Gasteiger partial charge in [0.25, 0.3) is 5.91 Å². The van der Waals surface area contributed by atoms with E-state index in [9.17, 15) is 18.0 Å². The van der Waals surface area contributed by atoms with Crippen LogP contribution in [0.4, 0.5) is 0 Å². The van der Waals surface area contributed by atoms with Gasteiger partial charge in [-0.1, -0.05) is 31.4 Å². The zero-order valence-electron chi connectivity index (χ0n) is 33.0. The third kappa shape index (κ3) is 6.56. The highest BCUT2D eigenvalue weighted by Crippen LogP contribution is 2.49. The van der Waals surface area contributed by atoms with Crippen molar-refractivity contribution in [3.05, 3.63) is 70.0 Å². The molecule has 2 aromatic carbocycles. The predicted molar refractivity (Wildman–Crippen MR) is 217 cm³/mol. The number of rotatable bonds is 9. The van der Waals surface area contributed by atoms with E-state index in [1.807, 2.05) is 24.0 Å². The molecule has 56 heavy (non-hydrogen) atoms. The second kappa shape index (κ2) is 14.5. The van der Waals surface area contributed by atoms with Crippen LogP contribution in [0.3, 0.4) is 0 Å². The number of fused-ring (bicyclic) bond motifs is 7. The Labute approximate surface area is 329 Å². The Morgan fingerprint density at radius 3 is 2.38 bits per heavy atom. The van der Waals surface area contributed by atoms with E-state index in [2.05, 4.69) is 44.3 Å². The summed E-state index contributed by atoms with van der Waals surface area (Å²) in [6.07, 6.45) is 13.2. The number of likely N-dealkylation sites (tertiary alicyclic amines) is 1. The zero-order valence-corrected chi connectivity index (χ0v) is 33.8. The number of nitrogens with one attached hydrogen (secondary N) is 1. The maximum atomic E-state index is 14.8. The summed E-state index contributed by atoms with van der Waals surface area (Å²) in [5.74, 6) is 0.590. The van der Waals surface area contributed by atoms with Gasteiger partial charge in [-0.2, -0.15) is 5.10 Å². The molecule has 9 rings (SSSR count). The topological polar surface area (TPSA) is 125 Å². The summed E-state index contributed by atoms with van der Waals surface area (Å²) >= 11 is 0. The maximum Gasteiger partial charge on any atom is 0.258 e. The Hall–Kier alpha value is -4.42. The molecule has 11 nitrogen and oxygen atoms in total. The average molecular weight is 780 g/mol. The quantitative estimate of drug-likeness (QED) is 0.186. The van der Waals surface area contributed by atoms with Crippen LogP contribution in [0.1, 0.15) is 128 Å². The van der Waals surface area contributed by atoms with Gasteiger partial charge in [-0.05, 0) is 124 Å². The number of sulfonamides is 1. The fraction of sp³-hybridized carbons (Fsp3) is 0.523. The number of amides is 2. The van der Waals surface area contributed by atoms with Gasteiger partial charge in [0.15, 0.2) is 0 Å². The van der Waals surface area contributed by atoms with E-state index in [0.717, 1.165) is 101 Å². The van der Waals surface area contributed by atoms with Gasteiger partial charge < -0.3 is 18.9 Å². The number of aryl methyl sites for hydroxylation is 1. The monoisotopic (exact) mass is 779 g/mol. The molecule has 2 bridgehead atoms. The third-order valence-electron chi connectivity index (χ3n) is 12.9. The summed E-state index contributed by atoms with van der Waals surface area (Å²) in [6, 6.07) is 12.7. The van der Waals surface area contributed by atoms with E-state index in [4.69, 9.17) is 14.6 Å². The fourth-order valence-electron chi connectivity index (χ4n) is 9.78. The summed E-state index contributed by atoms with van der Waals surface area (Å²) in [4.78, 5) is 30.0. The third-order valence-corrected chi connectivity index (χ3v) is 14.7. The summed E-state index contributed by atoms with van der Waals surface area (Å²) in [5, 5.41) is 5.59. The van der Waals surface area contributed by atoms with Crippen LogP contribution in [-0.4, -0.2) is 77.1 Å². The van der Waals surface area contributed by atoms with E-state index in [1.165, 1.54) is 24.8 Å². The van der Waals surface area contributed by atoms with Crippen LogP contribution < -0.4 is 9.46 Å². The number of methoxy groups -OCH3 is 1. The Morgan fingerprint density at radius 1 is 0.946 bits per heavy atom. The molecule has 4 aromatic rings. The molecule has 5 aliphatic rings. The summed E-state index contributed by atoms with van der Waals surface area (Å²) in [7, 11) is -2.07. The van der Waals surface area contributed by atoms with E-state index < -0.39 is 21.2 Å². The molecule has 2 unspecified atom stereocenters. The van der Waals surface area contributed by atoms with E-state index in [1.54, 1.807) is 21.0 Å². The number of morpholine rings is 1. The Morgan fingerprint density at radius 2 is 1.70 bits per heavy atom. The Balaban J connectivity index is 1.23. The number of nitrogens with zero attached hydrogens (tertiary/aromatic N) is 4. The van der Waals surface area contributed by atoms with Crippen molar-refractivity contribution in [2.45, 2.75) is 127 Å². The first-order valence-corrected chi connectivity index (χ1v) is 22.2. The summed E-state index contributed by atoms with van der Waals surface area (Å²) in [6.45, 7) is 6.76. The molecule has 2 saturated heterocycles. The number of ether oxygens (including phenoxy) is 2. The average Bonchev–Trinajstić information content (AvgIpc) is 3.74. The first-order valence-electron chi connectivity index (χ1n) is 20.6. The summed E-state index contributed by atoms with van der Waals surface area (Å²) in [5.41, 5.74) is 9.64. The van der Waals surface area contributed by atoms with Gasteiger partial charge in [-0.15, -0.1) is 0 Å². The smallest absolute Gasteiger partial charge is 0.258 e. The minimum atomic E-state index is -3.76. The molecular weight excluding hydrogens is 727 g/mol. The molecule has 5 heterocycles. The molecule has 0 radical (unpaired) electrons. The van der Waals surface area contributed by atoms with Crippen LogP contribution >= 0.6 is 0 Å². The normalized spacial score (nSPS) is 21.4. The number of allylic oxidation sites excluding steroid dienone is 1. The standard InChI is InChI=1S/C44H53N5O6S/c1-26(2)56(52,53)46-39(50)20-28-13-17-37-38(19-28)48-23-31(21-30-22-33(54-4)16-18-36(30)43(48)41(37)29-9-6-5-7-10-29)42-40(27(3)45-49(42)32-11-8-12-32)44(51)47-24-34-14-15-35(25-47)55-34/h13,16-19,21-22,26,29,32,34-35H,5-12,14-15,20,23-25H2,1-4H3,(H,46,50). The molecule has 1 N–H and O–H groups in total. The molecule has 2 saturated carbocycles. The fourth-order valence-corrected chi connectivity index (χ4v) is 10.4. The van der Waals surface area contributed by atoms with Crippen molar-refractivity contribution < 1.29 is 27.5 Å². The molecule has 2 aromatic heterocycles. The van der Waals surface area contributed by atoms with Gasteiger partial charge in [-0.3, -0.25) is 19.0 Å². The van der Waals surface area contributed by atoms with Crippen molar-refractivity contribution in [2.75, 3.05) is 20.2 Å². The lowest BCUT2D eigenvalue weighted by Gasteiger charge is -2.33. The Kier molecular flexibility index (Phi) is 9.63. The van der Waals surface area contributed by atoms with Crippen molar-refractivity contribution in [2.24, 2.45) is 0 Å². The summed E-state index contributed by atoms with van der Waals surface area (Å²) < 4.78 is 44.0. The lowest BCUT2D eigenvalue weighted by atomic mass is 9.81. The van der Waals surface area contributed by atoms with Gasteiger partial charge in [-0.25, -0.2) is 8.42 Å². The van der Waals surface area contributed by atoms with Crippen LogP contribution in [0.5, 0.6) is 5.75 Å². The second-order valence-electron chi connectivity index (χ2n) is 17.0. The van der Waals surface area contributed by atoms with Crippen LogP contribution in [0.2, 0.25) is 0 Å². The highest BCUT2D eigenvalue weighted by atomic mass is 32.2. The molecule has 2 aliphatic carbocycles. The molecule has 3 aliphatic heterocycles. The van der Waals surface area contributed by atoms with Gasteiger partial charge in [0.1, 0.15) is 5.75 Å². The van der Waals surface area contributed by atoms with Crippen LogP contribution in [0, 0.1) is 6.92 Å². The van der Waals surface area contributed by atoms with Gasteiger partial charge in [0.05, 0.1) is 66.2 Å². The van der Waals surface area contributed by atoms with E-state index in [0.29, 0.717) is 31.1 Å². The van der Waals surface area contributed by atoms with Crippen LogP contribution in [-0.2, 0) is 32.5 Å². The first-order chi connectivity index (χ1) is 27.0. The molecule has 0 spiro atoms. The maximum absolute atomic E-state index is 14.8. The number of hydrogen-bond donors (Lipinski definition) is 1. The second-order valence-corrected chi connectivity index (χ2v) is 19.2. The number of carbonyl (C=O) groups excluding carboxylic acids is 2. The largest absolute Gasteiger partial charge is 0.497 e. The molecule has 12 heteroatoms. The number of hydrogen-bond acceptors (Lipinski definition) is 7. The zero-order chi connectivity index (χ0) is 38.9.